The molecule has 2 rings (SSSR count). The van der Waals surface area contributed by atoms with Crippen molar-refractivity contribution in [3.05, 3.63) is 35.1 Å². The third kappa shape index (κ3) is 2.96. The third-order valence-corrected chi connectivity index (χ3v) is 3.99. The van der Waals surface area contributed by atoms with E-state index in [0.29, 0.717) is 5.92 Å². The van der Waals surface area contributed by atoms with Gasteiger partial charge < -0.3 is 4.90 Å². The molecule has 2 heterocycles. The maximum atomic E-state index is 4.30. The first-order valence-corrected chi connectivity index (χ1v) is 7.74. The summed E-state index contributed by atoms with van der Waals surface area (Å²) in [6, 6.07) is 0. The van der Waals surface area contributed by atoms with Crippen molar-refractivity contribution in [1.82, 2.24) is 4.90 Å². The lowest BCUT2D eigenvalue weighted by Crippen LogP contribution is -2.47. The van der Waals surface area contributed by atoms with Gasteiger partial charge in [0.15, 0.2) is 0 Å². The first-order chi connectivity index (χ1) is 8.84. The highest BCUT2D eigenvalue weighted by molar-refractivity contribution is 5.49. The molecule has 2 aliphatic heterocycles. The molecule has 0 aliphatic carbocycles. The van der Waals surface area contributed by atoms with Crippen molar-refractivity contribution < 1.29 is 0 Å². The van der Waals surface area contributed by atoms with Gasteiger partial charge in [-0.2, -0.15) is 0 Å². The van der Waals surface area contributed by atoms with Crippen molar-refractivity contribution in [2.45, 2.75) is 66.8 Å². The summed E-state index contributed by atoms with van der Waals surface area (Å²) in [5, 5.41) is 0. The Bertz CT molecular complexity index is 407. The van der Waals surface area contributed by atoms with Crippen LogP contribution < -0.4 is 0 Å². The zero-order chi connectivity index (χ0) is 14.8. The smallest absolute Gasteiger partial charge is 0.0534 e. The molecule has 0 unspecified atom stereocenters. The van der Waals surface area contributed by atoms with E-state index in [9.17, 15) is 0 Å². The van der Waals surface area contributed by atoms with Gasteiger partial charge >= 0.3 is 0 Å². The largest absolute Gasteiger partial charge is 0.362 e. The number of hydrogen-bond acceptors (Lipinski definition) is 1. The van der Waals surface area contributed by atoms with E-state index in [1.54, 1.807) is 0 Å². The van der Waals surface area contributed by atoms with E-state index >= 15 is 0 Å². The second-order valence-corrected chi connectivity index (χ2v) is 6.26. The Morgan fingerprint density at radius 1 is 1.26 bits per heavy atom. The summed E-state index contributed by atoms with van der Waals surface area (Å²) >= 11 is 0. The summed E-state index contributed by atoms with van der Waals surface area (Å²) < 4.78 is 0. The molecule has 0 saturated carbocycles. The van der Waals surface area contributed by atoms with E-state index in [2.05, 4.69) is 52.2 Å². The van der Waals surface area contributed by atoms with Crippen LogP contribution in [0.3, 0.4) is 0 Å². The van der Waals surface area contributed by atoms with Gasteiger partial charge in [0.1, 0.15) is 0 Å². The molecule has 0 bridgehead atoms. The summed E-state index contributed by atoms with van der Waals surface area (Å²) in [7, 11) is 0. The monoisotopic (exact) mass is 261 g/mol. The summed E-state index contributed by atoms with van der Waals surface area (Å²) in [5.74, 6) is 0.578. The Labute approximate surface area is 120 Å². The van der Waals surface area contributed by atoms with Gasteiger partial charge in [0, 0.05) is 12.2 Å². The fourth-order valence-corrected chi connectivity index (χ4v) is 3.38. The second kappa shape index (κ2) is 5.98. The summed E-state index contributed by atoms with van der Waals surface area (Å²) in [4.78, 5) is 2.56. The Morgan fingerprint density at radius 2 is 1.84 bits per heavy atom. The van der Waals surface area contributed by atoms with E-state index in [0.717, 1.165) is 6.42 Å². The Kier molecular flexibility index (Phi) is 5.06. The van der Waals surface area contributed by atoms with Crippen molar-refractivity contribution in [3.63, 3.8) is 0 Å². The molecule has 0 aromatic heterocycles. The van der Waals surface area contributed by atoms with E-state index < -0.39 is 0 Å². The van der Waals surface area contributed by atoms with Crippen LogP contribution in [0.25, 0.3) is 0 Å². The lowest BCUT2D eigenvalue weighted by atomic mass is 9.80. The lowest BCUT2D eigenvalue weighted by molar-refractivity contribution is 0.191. The molecule has 108 valence electrons. The van der Waals surface area contributed by atoms with Gasteiger partial charge in [-0.1, -0.05) is 40.3 Å². The summed E-state index contributed by atoms with van der Waals surface area (Å²) in [5.41, 5.74) is 5.87. The van der Waals surface area contributed by atoms with Crippen LogP contribution in [0.15, 0.2) is 35.1 Å². The molecule has 0 radical (unpaired) electrons. The average Bonchev–Trinajstić information content (AvgIpc) is 2.32. The predicted octanol–water partition coefficient (Wildman–Crippen LogP) is 5.31. The number of piperidine rings is 1. The molecule has 0 amide bonds. The van der Waals surface area contributed by atoms with Gasteiger partial charge in [0.2, 0.25) is 0 Å². The van der Waals surface area contributed by atoms with Crippen LogP contribution in [0.4, 0.5) is 0 Å². The number of nitrogens with zero attached hydrogens (tertiary/aromatic N) is 1. The maximum Gasteiger partial charge on any atom is 0.0534 e. The fraction of sp³-hybridized carbons (Fsp3) is 0.667. The number of rotatable bonds is 1. The SMILES string of the molecule is C=C1CCCN2C1=C(C(C)C)C(C)=CC2(C)C.CC. The Balaban J connectivity index is 0.000000861. The van der Waals surface area contributed by atoms with Crippen LogP contribution in [0.2, 0.25) is 0 Å². The van der Waals surface area contributed by atoms with E-state index in [1.165, 1.54) is 35.4 Å². The zero-order valence-electron chi connectivity index (χ0n) is 13.9. The number of allylic oxidation sites excluding steroid dienone is 3. The van der Waals surface area contributed by atoms with Crippen LogP contribution in [0.5, 0.6) is 0 Å². The van der Waals surface area contributed by atoms with Crippen molar-refractivity contribution in [1.29, 1.82) is 0 Å². The van der Waals surface area contributed by atoms with Crippen molar-refractivity contribution >= 4 is 0 Å². The molecule has 19 heavy (non-hydrogen) atoms. The van der Waals surface area contributed by atoms with E-state index in [-0.39, 0.29) is 5.54 Å². The first-order valence-electron chi connectivity index (χ1n) is 7.74. The molecule has 2 aliphatic rings. The third-order valence-electron chi connectivity index (χ3n) is 3.99. The van der Waals surface area contributed by atoms with Crippen LogP contribution in [-0.4, -0.2) is 17.0 Å². The molecular weight excluding hydrogens is 230 g/mol. The predicted molar refractivity (Wildman–Crippen MR) is 86.1 cm³/mol. The zero-order valence-corrected chi connectivity index (χ0v) is 13.9. The first kappa shape index (κ1) is 16.1. The van der Waals surface area contributed by atoms with Gasteiger partial charge in [-0.3, -0.25) is 0 Å². The van der Waals surface area contributed by atoms with Gasteiger partial charge in [-0.05, 0) is 56.3 Å². The molecule has 1 saturated heterocycles. The molecule has 1 heteroatoms. The normalized spacial score (nSPS) is 21.8. The minimum Gasteiger partial charge on any atom is -0.362 e. The molecule has 0 atom stereocenters. The van der Waals surface area contributed by atoms with Gasteiger partial charge in [0.25, 0.3) is 0 Å². The lowest BCUT2D eigenvalue weighted by Gasteiger charge is -2.48. The van der Waals surface area contributed by atoms with Gasteiger partial charge in [0.05, 0.1) is 5.54 Å². The molecule has 0 aromatic rings. The molecular formula is C18H31N. The quantitative estimate of drug-likeness (QED) is 0.618. The highest BCUT2D eigenvalue weighted by Gasteiger charge is 2.36. The van der Waals surface area contributed by atoms with Crippen LogP contribution >= 0.6 is 0 Å². The highest BCUT2D eigenvalue weighted by atomic mass is 15.2. The number of hydrogen-bond donors (Lipinski definition) is 0. The van der Waals surface area contributed by atoms with E-state index in [4.69, 9.17) is 0 Å². The fourth-order valence-electron chi connectivity index (χ4n) is 3.38. The number of fused-ring (bicyclic) bond motifs is 1. The minimum absolute atomic E-state index is 0.140. The van der Waals surface area contributed by atoms with Gasteiger partial charge in [-0.15, -0.1) is 0 Å². The van der Waals surface area contributed by atoms with Crippen LogP contribution in [0, 0.1) is 5.92 Å². The maximum absolute atomic E-state index is 4.30. The summed E-state index contributed by atoms with van der Waals surface area (Å²) in [6.45, 7) is 20.9. The van der Waals surface area contributed by atoms with E-state index in [1.807, 2.05) is 13.8 Å². The van der Waals surface area contributed by atoms with Crippen LogP contribution in [0.1, 0.15) is 61.3 Å². The van der Waals surface area contributed by atoms with Gasteiger partial charge in [-0.25, -0.2) is 0 Å². The van der Waals surface area contributed by atoms with Crippen molar-refractivity contribution in [2.75, 3.05) is 6.54 Å². The molecule has 0 spiro atoms. The average molecular weight is 261 g/mol. The second-order valence-electron chi connectivity index (χ2n) is 6.26. The van der Waals surface area contributed by atoms with Crippen molar-refractivity contribution in [3.8, 4) is 0 Å². The molecule has 0 aromatic carbocycles. The highest BCUT2D eigenvalue weighted by Crippen LogP contribution is 2.42. The molecule has 0 N–H and O–H groups in total. The van der Waals surface area contributed by atoms with Crippen LogP contribution in [-0.2, 0) is 0 Å². The Morgan fingerprint density at radius 3 is 2.37 bits per heavy atom. The Hall–Kier alpha value is -0.980. The minimum atomic E-state index is 0.140. The van der Waals surface area contributed by atoms with Crippen molar-refractivity contribution in [2.24, 2.45) is 5.92 Å². The topological polar surface area (TPSA) is 3.24 Å². The summed E-state index contributed by atoms with van der Waals surface area (Å²) in [6.07, 6.45) is 4.82. The standard InChI is InChI=1S/C16H25N.C2H6/c1-11(2)14-13(4)10-16(5,6)17-9-7-8-12(3)15(14)17;1-2/h10-11H,3,7-9H2,1-2,4-6H3;1-2H3. The molecule has 1 nitrogen and oxygen atoms in total. The molecule has 1 fully saturated rings.